The Bertz CT molecular complexity index is 1090. The van der Waals surface area contributed by atoms with Gasteiger partial charge in [0.2, 0.25) is 5.88 Å². The number of carbonyl (C=O) groups excluding carboxylic acids is 2. The van der Waals surface area contributed by atoms with Crippen molar-refractivity contribution in [2.24, 2.45) is 0 Å². The second-order valence-corrected chi connectivity index (χ2v) is 8.08. The van der Waals surface area contributed by atoms with Gasteiger partial charge in [-0.2, -0.15) is 0 Å². The van der Waals surface area contributed by atoms with E-state index in [1.165, 1.54) is 7.11 Å². The third kappa shape index (κ3) is 5.72. The Hall–Kier alpha value is -3.61. The van der Waals surface area contributed by atoms with Gasteiger partial charge in [-0.05, 0) is 63.6 Å². The highest BCUT2D eigenvalue weighted by Crippen LogP contribution is 2.32. The average molecular weight is 422 g/mol. The SMILES string of the molecule is COC(=O)C(C)c1ccc2nc(Oc3ccccc3)c(NC(=O)OC(C)(C)C)cc2c1. The Morgan fingerprint density at radius 2 is 1.74 bits per heavy atom. The minimum atomic E-state index is -0.655. The number of amides is 1. The summed E-state index contributed by atoms with van der Waals surface area (Å²) in [6.45, 7) is 7.13. The van der Waals surface area contributed by atoms with Gasteiger partial charge in [-0.25, -0.2) is 9.78 Å². The molecule has 7 nitrogen and oxygen atoms in total. The molecule has 3 rings (SSSR count). The number of fused-ring (bicyclic) bond motifs is 1. The normalized spacial score (nSPS) is 12.2. The van der Waals surface area contributed by atoms with Gasteiger partial charge >= 0.3 is 12.1 Å². The van der Waals surface area contributed by atoms with E-state index in [1.807, 2.05) is 30.3 Å². The molecule has 0 saturated heterocycles. The van der Waals surface area contributed by atoms with E-state index >= 15 is 0 Å². The average Bonchev–Trinajstić information content (AvgIpc) is 2.72. The summed E-state index contributed by atoms with van der Waals surface area (Å²) in [5.74, 6) is 0.0520. The Labute approximate surface area is 181 Å². The monoisotopic (exact) mass is 422 g/mol. The maximum absolute atomic E-state index is 12.4. The molecule has 0 radical (unpaired) electrons. The smallest absolute Gasteiger partial charge is 0.412 e. The van der Waals surface area contributed by atoms with Crippen LogP contribution in [0, 0.1) is 0 Å². The van der Waals surface area contributed by atoms with Gasteiger partial charge in [0.25, 0.3) is 0 Å². The molecule has 1 atom stereocenters. The van der Waals surface area contributed by atoms with Crippen molar-refractivity contribution in [2.45, 2.75) is 39.2 Å². The lowest BCUT2D eigenvalue weighted by Gasteiger charge is -2.20. The first kappa shape index (κ1) is 22.1. The highest BCUT2D eigenvalue weighted by atomic mass is 16.6. The van der Waals surface area contributed by atoms with Crippen molar-refractivity contribution in [1.82, 2.24) is 4.98 Å². The van der Waals surface area contributed by atoms with E-state index in [-0.39, 0.29) is 11.8 Å². The van der Waals surface area contributed by atoms with Crippen molar-refractivity contribution in [1.29, 1.82) is 0 Å². The summed E-state index contributed by atoms with van der Waals surface area (Å²) in [4.78, 5) is 28.9. The lowest BCUT2D eigenvalue weighted by molar-refractivity contribution is -0.141. The fraction of sp³-hybridized carbons (Fsp3) is 0.292. The predicted molar refractivity (Wildman–Crippen MR) is 119 cm³/mol. The standard InChI is InChI=1S/C24H26N2O5/c1-15(22(27)29-5)16-11-12-19-17(13-16)14-20(26-23(28)31-24(2,3)4)21(25-19)30-18-9-7-6-8-10-18/h6-15H,1-5H3,(H,26,28). The van der Waals surface area contributed by atoms with Crippen molar-refractivity contribution < 1.29 is 23.8 Å². The van der Waals surface area contributed by atoms with Crippen LogP contribution in [0.15, 0.2) is 54.6 Å². The number of rotatable bonds is 5. The van der Waals surface area contributed by atoms with Crippen LogP contribution in [0.4, 0.5) is 10.5 Å². The van der Waals surface area contributed by atoms with E-state index in [4.69, 9.17) is 14.2 Å². The molecule has 1 amide bonds. The van der Waals surface area contributed by atoms with Gasteiger partial charge in [-0.15, -0.1) is 0 Å². The van der Waals surface area contributed by atoms with Crippen molar-refractivity contribution >= 4 is 28.7 Å². The first-order valence-electron chi connectivity index (χ1n) is 9.92. The molecule has 1 N–H and O–H groups in total. The first-order chi connectivity index (χ1) is 14.7. The van der Waals surface area contributed by atoms with Crippen LogP contribution in [0.1, 0.15) is 39.2 Å². The number of methoxy groups -OCH3 is 1. The topological polar surface area (TPSA) is 86.8 Å². The molecule has 0 fully saturated rings. The third-order valence-electron chi connectivity index (χ3n) is 4.45. The number of para-hydroxylation sites is 1. The Kier molecular flexibility index (Phi) is 6.44. The van der Waals surface area contributed by atoms with E-state index in [9.17, 15) is 9.59 Å². The van der Waals surface area contributed by atoms with Crippen molar-refractivity contribution in [3.05, 3.63) is 60.2 Å². The van der Waals surface area contributed by atoms with Crippen LogP contribution in [-0.2, 0) is 14.3 Å². The molecule has 0 spiro atoms. The number of aromatic nitrogens is 1. The predicted octanol–water partition coefficient (Wildman–Crippen LogP) is 5.65. The maximum atomic E-state index is 12.4. The number of ether oxygens (including phenoxy) is 3. The third-order valence-corrected chi connectivity index (χ3v) is 4.45. The van der Waals surface area contributed by atoms with E-state index in [0.29, 0.717) is 17.0 Å². The van der Waals surface area contributed by atoms with Gasteiger partial charge in [-0.3, -0.25) is 10.1 Å². The second-order valence-electron chi connectivity index (χ2n) is 8.08. The zero-order valence-corrected chi connectivity index (χ0v) is 18.3. The summed E-state index contributed by atoms with van der Waals surface area (Å²) < 4.78 is 16.1. The number of hydrogen-bond acceptors (Lipinski definition) is 6. The van der Waals surface area contributed by atoms with Gasteiger partial charge in [0.05, 0.1) is 18.5 Å². The molecule has 1 aromatic heterocycles. The van der Waals surface area contributed by atoms with E-state index in [1.54, 1.807) is 52.0 Å². The molecule has 162 valence electrons. The van der Waals surface area contributed by atoms with Gasteiger partial charge in [0.1, 0.15) is 17.0 Å². The van der Waals surface area contributed by atoms with Crippen molar-refractivity contribution in [3.8, 4) is 11.6 Å². The molecule has 0 aliphatic carbocycles. The second kappa shape index (κ2) is 9.04. The van der Waals surface area contributed by atoms with Crippen LogP contribution in [-0.4, -0.2) is 29.8 Å². The number of esters is 1. The number of anilines is 1. The highest BCUT2D eigenvalue weighted by Gasteiger charge is 2.20. The lowest BCUT2D eigenvalue weighted by atomic mass is 9.99. The minimum absolute atomic E-state index is 0.235. The largest absolute Gasteiger partial charge is 0.469 e. The number of carbonyl (C=O) groups is 2. The molecule has 31 heavy (non-hydrogen) atoms. The molecular formula is C24H26N2O5. The lowest BCUT2D eigenvalue weighted by Crippen LogP contribution is -2.27. The maximum Gasteiger partial charge on any atom is 0.412 e. The van der Waals surface area contributed by atoms with Crippen LogP contribution < -0.4 is 10.1 Å². The number of nitrogens with one attached hydrogen (secondary N) is 1. The number of nitrogens with zero attached hydrogens (tertiary/aromatic N) is 1. The van der Waals surface area contributed by atoms with Crippen LogP contribution >= 0.6 is 0 Å². The quantitative estimate of drug-likeness (QED) is 0.535. The summed E-state index contributed by atoms with van der Waals surface area (Å²) in [6, 6.07) is 16.4. The first-order valence-corrected chi connectivity index (χ1v) is 9.92. The molecule has 0 bridgehead atoms. The number of pyridine rings is 1. The molecular weight excluding hydrogens is 396 g/mol. The van der Waals surface area contributed by atoms with Gasteiger partial charge in [0, 0.05) is 5.39 Å². The molecule has 3 aromatic rings. The molecule has 0 aliphatic rings. The molecule has 7 heteroatoms. The summed E-state index contributed by atoms with van der Waals surface area (Å²) in [7, 11) is 1.36. The number of hydrogen-bond donors (Lipinski definition) is 1. The molecule has 0 saturated carbocycles. The van der Waals surface area contributed by atoms with Crippen molar-refractivity contribution in [2.75, 3.05) is 12.4 Å². The zero-order valence-electron chi connectivity index (χ0n) is 18.3. The summed E-state index contributed by atoms with van der Waals surface area (Å²) in [5, 5.41) is 3.46. The number of benzene rings is 2. The van der Waals surface area contributed by atoms with Gasteiger partial charge in [0.15, 0.2) is 0 Å². The molecule has 1 unspecified atom stereocenters. The molecule has 0 aliphatic heterocycles. The van der Waals surface area contributed by atoms with E-state index < -0.39 is 17.6 Å². The fourth-order valence-electron chi connectivity index (χ4n) is 2.94. The van der Waals surface area contributed by atoms with Gasteiger partial charge in [-0.1, -0.05) is 24.3 Å². The van der Waals surface area contributed by atoms with Crippen LogP contribution in [0.3, 0.4) is 0 Å². The summed E-state index contributed by atoms with van der Waals surface area (Å²) in [6.07, 6.45) is -0.620. The van der Waals surface area contributed by atoms with Crippen LogP contribution in [0.5, 0.6) is 11.6 Å². The summed E-state index contributed by atoms with van der Waals surface area (Å²) in [5.41, 5.74) is 1.13. The summed E-state index contributed by atoms with van der Waals surface area (Å²) >= 11 is 0. The molecule has 2 aromatic carbocycles. The van der Waals surface area contributed by atoms with Crippen LogP contribution in [0.25, 0.3) is 10.9 Å². The Morgan fingerprint density at radius 3 is 2.39 bits per heavy atom. The van der Waals surface area contributed by atoms with E-state index in [2.05, 4.69) is 10.3 Å². The Morgan fingerprint density at radius 1 is 1.03 bits per heavy atom. The van der Waals surface area contributed by atoms with Gasteiger partial charge < -0.3 is 14.2 Å². The minimum Gasteiger partial charge on any atom is -0.469 e. The highest BCUT2D eigenvalue weighted by molar-refractivity contribution is 5.92. The molecule has 1 heterocycles. The Balaban J connectivity index is 2.02. The van der Waals surface area contributed by atoms with Crippen LogP contribution in [0.2, 0.25) is 0 Å². The van der Waals surface area contributed by atoms with Crippen molar-refractivity contribution in [3.63, 3.8) is 0 Å². The fourth-order valence-corrected chi connectivity index (χ4v) is 2.94. The zero-order chi connectivity index (χ0) is 22.6. The van der Waals surface area contributed by atoms with E-state index in [0.717, 1.165) is 10.9 Å².